The number of rotatable bonds is 2. The molecule has 1 fully saturated rings. The van der Waals surface area contributed by atoms with Crippen LogP contribution in [0.1, 0.15) is 16.8 Å². The molecule has 1 aromatic rings. The zero-order valence-corrected chi connectivity index (χ0v) is 10.6. The van der Waals surface area contributed by atoms with E-state index in [4.69, 9.17) is 10.5 Å². The monoisotopic (exact) mass is 256 g/mol. The first-order valence-electron chi connectivity index (χ1n) is 5.39. The first-order valence-corrected chi connectivity index (χ1v) is 5.39. The van der Waals surface area contributed by atoms with Crippen molar-refractivity contribution in [2.75, 3.05) is 26.0 Å². The zero-order valence-electron chi connectivity index (χ0n) is 9.76. The minimum Gasteiger partial charge on any atom is -0.399 e. The molecule has 1 saturated heterocycles. The molecule has 2 rings (SSSR count). The van der Waals surface area contributed by atoms with Crippen LogP contribution in [0.3, 0.4) is 0 Å². The van der Waals surface area contributed by atoms with Gasteiger partial charge >= 0.3 is 0 Å². The van der Waals surface area contributed by atoms with Crippen molar-refractivity contribution in [3.8, 4) is 0 Å². The largest absolute Gasteiger partial charge is 0.399 e. The van der Waals surface area contributed by atoms with E-state index in [1.165, 1.54) is 0 Å². The second kappa shape index (κ2) is 5.89. The van der Waals surface area contributed by atoms with Gasteiger partial charge in [0.05, 0.1) is 12.6 Å². The molecule has 1 aliphatic heterocycles. The fourth-order valence-electron chi connectivity index (χ4n) is 1.82. The Labute approximate surface area is 107 Å². The third-order valence-corrected chi connectivity index (χ3v) is 2.93. The molecule has 0 aliphatic carbocycles. The van der Waals surface area contributed by atoms with Gasteiger partial charge in [-0.3, -0.25) is 4.79 Å². The SMILES string of the molecule is CN(C(=O)c1ccc(N)cc1)C1CCOC1.Cl. The van der Waals surface area contributed by atoms with E-state index in [-0.39, 0.29) is 24.4 Å². The summed E-state index contributed by atoms with van der Waals surface area (Å²) in [6, 6.07) is 7.19. The molecule has 0 bridgehead atoms. The van der Waals surface area contributed by atoms with E-state index in [9.17, 15) is 4.79 Å². The normalized spacial score (nSPS) is 18.5. The van der Waals surface area contributed by atoms with E-state index >= 15 is 0 Å². The van der Waals surface area contributed by atoms with Crippen molar-refractivity contribution in [2.24, 2.45) is 0 Å². The van der Waals surface area contributed by atoms with Crippen LogP contribution in [-0.4, -0.2) is 37.1 Å². The Kier molecular flexibility index (Phi) is 4.78. The van der Waals surface area contributed by atoms with Crippen LogP contribution in [0, 0.1) is 0 Å². The van der Waals surface area contributed by atoms with Crippen molar-refractivity contribution < 1.29 is 9.53 Å². The maximum absolute atomic E-state index is 12.1. The van der Waals surface area contributed by atoms with Gasteiger partial charge in [-0.15, -0.1) is 12.4 Å². The number of ether oxygens (including phenoxy) is 1. The van der Waals surface area contributed by atoms with Crippen LogP contribution in [0.5, 0.6) is 0 Å². The van der Waals surface area contributed by atoms with Crippen LogP contribution >= 0.6 is 12.4 Å². The Morgan fingerprint density at radius 3 is 2.59 bits per heavy atom. The van der Waals surface area contributed by atoms with Crippen LogP contribution < -0.4 is 5.73 Å². The lowest BCUT2D eigenvalue weighted by molar-refractivity contribution is 0.0711. The van der Waals surface area contributed by atoms with Gasteiger partial charge in [0.15, 0.2) is 0 Å². The standard InChI is InChI=1S/C12H16N2O2.ClH/c1-14(11-6-7-16-8-11)12(15)9-2-4-10(13)5-3-9;/h2-5,11H,6-8,13H2,1H3;1H. The van der Waals surface area contributed by atoms with Crippen molar-refractivity contribution in [3.63, 3.8) is 0 Å². The van der Waals surface area contributed by atoms with Crippen molar-refractivity contribution in [1.29, 1.82) is 0 Å². The molecule has 17 heavy (non-hydrogen) atoms. The maximum atomic E-state index is 12.1. The lowest BCUT2D eigenvalue weighted by atomic mass is 10.1. The van der Waals surface area contributed by atoms with E-state index in [1.807, 2.05) is 7.05 Å². The van der Waals surface area contributed by atoms with Gasteiger partial charge in [0.2, 0.25) is 0 Å². The van der Waals surface area contributed by atoms with Gasteiger partial charge in [0.25, 0.3) is 5.91 Å². The number of nitrogens with two attached hydrogens (primary N) is 1. The van der Waals surface area contributed by atoms with Crippen molar-refractivity contribution in [1.82, 2.24) is 4.90 Å². The van der Waals surface area contributed by atoms with Gasteiger partial charge < -0.3 is 15.4 Å². The third-order valence-electron chi connectivity index (χ3n) is 2.93. The Hall–Kier alpha value is -1.26. The summed E-state index contributed by atoms with van der Waals surface area (Å²) in [5.74, 6) is 0.0236. The summed E-state index contributed by atoms with van der Waals surface area (Å²) >= 11 is 0. The predicted molar refractivity (Wildman–Crippen MR) is 69.4 cm³/mol. The zero-order chi connectivity index (χ0) is 11.5. The summed E-state index contributed by atoms with van der Waals surface area (Å²) in [4.78, 5) is 13.8. The van der Waals surface area contributed by atoms with Crippen molar-refractivity contribution in [3.05, 3.63) is 29.8 Å². The Balaban J connectivity index is 0.00000144. The van der Waals surface area contributed by atoms with Crippen LogP contribution in [0.2, 0.25) is 0 Å². The molecule has 0 radical (unpaired) electrons. The first-order chi connectivity index (χ1) is 7.68. The maximum Gasteiger partial charge on any atom is 0.253 e. The molecular weight excluding hydrogens is 240 g/mol. The van der Waals surface area contributed by atoms with Crippen molar-refractivity contribution in [2.45, 2.75) is 12.5 Å². The average molecular weight is 257 g/mol. The lowest BCUT2D eigenvalue weighted by Gasteiger charge is -2.23. The fraction of sp³-hybridized carbons (Fsp3) is 0.417. The van der Waals surface area contributed by atoms with E-state index in [0.717, 1.165) is 13.0 Å². The molecule has 1 aliphatic rings. The van der Waals surface area contributed by atoms with E-state index in [2.05, 4.69) is 0 Å². The topological polar surface area (TPSA) is 55.6 Å². The number of amides is 1. The summed E-state index contributed by atoms with van der Waals surface area (Å²) in [5.41, 5.74) is 6.92. The molecular formula is C12H17ClN2O2. The number of halogens is 1. The average Bonchev–Trinajstić information content (AvgIpc) is 2.81. The number of hydrogen-bond acceptors (Lipinski definition) is 3. The molecule has 1 aromatic carbocycles. The molecule has 94 valence electrons. The highest BCUT2D eigenvalue weighted by atomic mass is 35.5. The molecule has 1 amide bonds. The molecule has 0 spiro atoms. The summed E-state index contributed by atoms with van der Waals surface area (Å²) in [6.45, 7) is 1.38. The Morgan fingerprint density at radius 2 is 2.06 bits per heavy atom. The number of nitrogens with zero attached hydrogens (tertiary/aromatic N) is 1. The van der Waals surface area contributed by atoms with Crippen LogP contribution in [0.15, 0.2) is 24.3 Å². The van der Waals surface area contributed by atoms with Crippen LogP contribution in [-0.2, 0) is 4.74 Å². The molecule has 0 saturated carbocycles. The van der Waals surface area contributed by atoms with Gasteiger partial charge in [-0.1, -0.05) is 0 Å². The number of carbonyl (C=O) groups is 1. The number of hydrogen-bond donors (Lipinski definition) is 1. The van der Waals surface area contributed by atoms with Gasteiger partial charge in [0.1, 0.15) is 0 Å². The van der Waals surface area contributed by atoms with Gasteiger partial charge in [-0.2, -0.15) is 0 Å². The summed E-state index contributed by atoms with van der Waals surface area (Å²) < 4.78 is 5.27. The van der Waals surface area contributed by atoms with E-state index < -0.39 is 0 Å². The first kappa shape index (κ1) is 13.8. The summed E-state index contributed by atoms with van der Waals surface area (Å²) in [5, 5.41) is 0. The minimum absolute atomic E-state index is 0. The van der Waals surface area contributed by atoms with Crippen molar-refractivity contribution >= 4 is 24.0 Å². The Bertz CT molecular complexity index is 375. The quantitative estimate of drug-likeness (QED) is 0.817. The van der Waals surface area contributed by atoms with Crippen LogP contribution in [0.4, 0.5) is 5.69 Å². The van der Waals surface area contributed by atoms with E-state index in [0.29, 0.717) is 17.9 Å². The van der Waals surface area contributed by atoms with Gasteiger partial charge in [0, 0.05) is 24.9 Å². The Morgan fingerprint density at radius 1 is 1.41 bits per heavy atom. The molecule has 4 nitrogen and oxygen atoms in total. The van der Waals surface area contributed by atoms with E-state index in [1.54, 1.807) is 29.2 Å². The highest BCUT2D eigenvalue weighted by Crippen LogP contribution is 2.14. The predicted octanol–water partition coefficient (Wildman–Crippen LogP) is 1.55. The number of carbonyl (C=O) groups excluding carboxylic acids is 1. The number of nitrogen functional groups attached to an aromatic ring is 1. The highest BCUT2D eigenvalue weighted by molar-refractivity contribution is 5.94. The lowest BCUT2D eigenvalue weighted by Crippen LogP contribution is -2.37. The van der Waals surface area contributed by atoms with Gasteiger partial charge in [-0.25, -0.2) is 0 Å². The molecule has 1 heterocycles. The smallest absolute Gasteiger partial charge is 0.253 e. The molecule has 2 N–H and O–H groups in total. The summed E-state index contributed by atoms with van der Waals surface area (Å²) in [6.07, 6.45) is 0.914. The van der Waals surface area contributed by atoms with Crippen LogP contribution in [0.25, 0.3) is 0 Å². The fourth-order valence-corrected chi connectivity index (χ4v) is 1.82. The number of likely N-dealkylation sites (N-methyl/N-ethyl adjacent to an activating group) is 1. The second-order valence-corrected chi connectivity index (χ2v) is 4.06. The molecule has 0 aromatic heterocycles. The number of benzene rings is 1. The molecule has 5 heteroatoms. The highest BCUT2D eigenvalue weighted by Gasteiger charge is 2.24. The number of anilines is 1. The molecule has 1 atom stereocenters. The minimum atomic E-state index is 0. The summed E-state index contributed by atoms with van der Waals surface area (Å²) in [7, 11) is 1.82. The third kappa shape index (κ3) is 3.11. The second-order valence-electron chi connectivity index (χ2n) is 4.06. The van der Waals surface area contributed by atoms with Gasteiger partial charge in [-0.05, 0) is 30.7 Å². The molecule has 1 unspecified atom stereocenters.